The zero-order valence-electron chi connectivity index (χ0n) is 16.9. The normalized spacial score (nSPS) is 13.1. The molecule has 0 saturated carbocycles. The van der Waals surface area contributed by atoms with Crippen LogP contribution in [-0.2, 0) is 14.3 Å². The summed E-state index contributed by atoms with van der Waals surface area (Å²) in [5.41, 5.74) is -1.02. The Morgan fingerprint density at radius 1 is 1.19 bits per heavy atom. The summed E-state index contributed by atoms with van der Waals surface area (Å²) in [6.07, 6.45) is 0. The van der Waals surface area contributed by atoms with Crippen molar-refractivity contribution >= 4 is 11.7 Å². The number of non-ortho nitro benzene ring substituents is 1. The van der Waals surface area contributed by atoms with E-state index < -0.39 is 22.5 Å². The summed E-state index contributed by atoms with van der Waals surface area (Å²) in [4.78, 5) is 22.7. The van der Waals surface area contributed by atoms with E-state index in [1.807, 2.05) is 20.8 Å². The minimum Gasteiger partial charge on any atom is -0.492 e. The van der Waals surface area contributed by atoms with Crippen molar-refractivity contribution in [2.24, 2.45) is 0 Å². The first-order chi connectivity index (χ1) is 12.4. The molecule has 8 heteroatoms. The van der Waals surface area contributed by atoms with E-state index in [1.54, 1.807) is 32.9 Å². The number of carbonyl (C=O) groups excluding carboxylic acids is 1. The maximum Gasteiger partial charge on any atom is 0.326 e. The molecule has 1 atom stereocenters. The minimum absolute atomic E-state index is 0.0364. The number of carbonyl (C=O) groups is 1. The third-order valence-corrected chi connectivity index (χ3v) is 3.16. The number of ether oxygens (including phenoxy) is 3. The van der Waals surface area contributed by atoms with Crippen LogP contribution in [0.4, 0.5) is 5.69 Å². The van der Waals surface area contributed by atoms with Gasteiger partial charge in [-0.3, -0.25) is 20.2 Å². The molecule has 1 aromatic carbocycles. The molecule has 8 nitrogen and oxygen atoms in total. The molecule has 1 aromatic rings. The Kier molecular flexibility index (Phi) is 8.18. The van der Waals surface area contributed by atoms with Crippen LogP contribution >= 0.6 is 0 Å². The highest BCUT2D eigenvalue weighted by Gasteiger charge is 2.26. The number of nitrogens with zero attached hydrogens (tertiary/aromatic N) is 1. The first kappa shape index (κ1) is 22.9. The van der Waals surface area contributed by atoms with Gasteiger partial charge in [-0.25, -0.2) is 0 Å². The fourth-order valence-corrected chi connectivity index (χ4v) is 2.01. The largest absolute Gasteiger partial charge is 0.492 e. The average Bonchev–Trinajstić information content (AvgIpc) is 2.51. The summed E-state index contributed by atoms with van der Waals surface area (Å²) in [5, 5.41) is 13.9. The summed E-state index contributed by atoms with van der Waals surface area (Å²) < 4.78 is 16.6. The number of nitro groups is 1. The number of esters is 1. The van der Waals surface area contributed by atoms with E-state index in [0.29, 0.717) is 12.3 Å². The van der Waals surface area contributed by atoms with Gasteiger partial charge in [0.2, 0.25) is 0 Å². The van der Waals surface area contributed by atoms with E-state index >= 15 is 0 Å². The smallest absolute Gasteiger partial charge is 0.326 e. The fourth-order valence-electron chi connectivity index (χ4n) is 2.01. The number of hydrogen-bond donors (Lipinski definition) is 1. The molecule has 0 aliphatic carbocycles. The van der Waals surface area contributed by atoms with Gasteiger partial charge >= 0.3 is 5.97 Å². The molecule has 0 aromatic heterocycles. The molecule has 0 bridgehead atoms. The summed E-state index contributed by atoms with van der Waals surface area (Å²) in [6, 6.07) is 5.31. The third kappa shape index (κ3) is 9.91. The van der Waals surface area contributed by atoms with Gasteiger partial charge in [-0.1, -0.05) is 6.07 Å². The molecule has 0 amide bonds. The van der Waals surface area contributed by atoms with Crippen molar-refractivity contribution in [2.75, 3.05) is 19.8 Å². The highest BCUT2D eigenvalue weighted by molar-refractivity contribution is 5.76. The summed E-state index contributed by atoms with van der Waals surface area (Å²) in [6.45, 7) is 11.9. The van der Waals surface area contributed by atoms with Crippen molar-refractivity contribution < 1.29 is 23.9 Å². The van der Waals surface area contributed by atoms with Gasteiger partial charge in [-0.05, 0) is 47.6 Å². The van der Waals surface area contributed by atoms with Crippen molar-refractivity contribution in [2.45, 2.75) is 58.8 Å². The Hall–Kier alpha value is -2.19. The van der Waals surface area contributed by atoms with Crippen LogP contribution in [0.15, 0.2) is 24.3 Å². The molecule has 0 unspecified atom stereocenters. The second kappa shape index (κ2) is 9.66. The van der Waals surface area contributed by atoms with E-state index in [2.05, 4.69) is 5.32 Å². The van der Waals surface area contributed by atoms with E-state index in [4.69, 9.17) is 14.2 Å². The van der Waals surface area contributed by atoms with E-state index in [9.17, 15) is 14.9 Å². The van der Waals surface area contributed by atoms with Crippen molar-refractivity contribution in [3.63, 3.8) is 0 Å². The first-order valence-corrected chi connectivity index (χ1v) is 8.85. The van der Waals surface area contributed by atoms with Crippen molar-refractivity contribution in [1.29, 1.82) is 0 Å². The van der Waals surface area contributed by atoms with Crippen LogP contribution in [0.25, 0.3) is 0 Å². The molecular formula is C19H30N2O6. The molecule has 0 fully saturated rings. The van der Waals surface area contributed by atoms with Crippen LogP contribution in [0.5, 0.6) is 5.75 Å². The van der Waals surface area contributed by atoms with Gasteiger partial charge < -0.3 is 14.2 Å². The Morgan fingerprint density at radius 3 is 2.41 bits per heavy atom. The van der Waals surface area contributed by atoms with Gasteiger partial charge in [0.05, 0.1) is 23.2 Å². The third-order valence-electron chi connectivity index (χ3n) is 3.16. The van der Waals surface area contributed by atoms with Gasteiger partial charge in [0.1, 0.15) is 24.0 Å². The zero-order chi connectivity index (χ0) is 20.7. The molecular weight excluding hydrogens is 352 g/mol. The maximum atomic E-state index is 12.4. The Bertz CT molecular complexity index is 634. The number of benzene rings is 1. The molecule has 27 heavy (non-hydrogen) atoms. The lowest BCUT2D eigenvalue weighted by Crippen LogP contribution is -2.46. The quantitative estimate of drug-likeness (QED) is 0.303. The highest BCUT2D eigenvalue weighted by Crippen LogP contribution is 2.19. The SMILES string of the molecule is CC(C)(C)OC[C@H](NCCOc1cccc([N+](=O)[O-])c1)C(=O)OC(C)(C)C. The number of rotatable bonds is 9. The predicted molar refractivity (Wildman–Crippen MR) is 102 cm³/mol. The summed E-state index contributed by atoms with van der Waals surface area (Å²) in [5.74, 6) is -0.00661. The molecule has 0 aliphatic rings. The summed E-state index contributed by atoms with van der Waals surface area (Å²) >= 11 is 0. The topological polar surface area (TPSA) is 99.9 Å². The van der Waals surface area contributed by atoms with Crippen LogP contribution < -0.4 is 10.1 Å². The molecule has 1 rings (SSSR count). The predicted octanol–water partition coefficient (Wildman–Crippen LogP) is 3.09. The van der Waals surface area contributed by atoms with Crippen molar-refractivity contribution in [3.8, 4) is 5.75 Å². The second-order valence-electron chi connectivity index (χ2n) is 8.07. The number of nitrogens with one attached hydrogen (secondary N) is 1. The van der Waals surface area contributed by atoms with Crippen molar-refractivity contribution in [1.82, 2.24) is 5.32 Å². The Balaban J connectivity index is 2.58. The number of nitro benzene ring substituents is 1. The Morgan fingerprint density at radius 2 is 1.85 bits per heavy atom. The zero-order valence-corrected chi connectivity index (χ0v) is 16.9. The van der Waals surface area contributed by atoms with E-state index in [0.717, 1.165) is 0 Å². The summed E-state index contributed by atoms with van der Waals surface area (Å²) in [7, 11) is 0. The molecule has 1 N–H and O–H groups in total. The standard InChI is InChI=1S/C19H30N2O6/c1-18(2,3)26-13-16(17(22)27-19(4,5)6)20-10-11-25-15-9-7-8-14(12-15)21(23)24/h7-9,12,16,20H,10-11,13H2,1-6H3/t16-/m0/s1. The van der Waals surface area contributed by atoms with Gasteiger partial charge in [-0.2, -0.15) is 0 Å². The van der Waals surface area contributed by atoms with Gasteiger partial charge in [0.15, 0.2) is 0 Å². The number of hydrogen-bond acceptors (Lipinski definition) is 7. The minimum atomic E-state index is -0.642. The van der Waals surface area contributed by atoms with Crippen molar-refractivity contribution in [3.05, 3.63) is 34.4 Å². The lowest BCUT2D eigenvalue weighted by molar-refractivity contribution is -0.384. The fraction of sp³-hybridized carbons (Fsp3) is 0.632. The van der Waals surface area contributed by atoms with Crippen LogP contribution in [0.2, 0.25) is 0 Å². The molecule has 0 saturated heterocycles. The molecule has 0 radical (unpaired) electrons. The van der Waals surface area contributed by atoms with Crippen LogP contribution in [0, 0.1) is 10.1 Å². The molecule has 0 heterocycles. The van der Waals surface area contributed by atoms with Crippen LogP contribution in [0.3, 0.4) is 0 Å². The lowest BCUT2D eigenvalue weighted by atomic mass is 10.1. The van der Waals surface area contributed by atoms with Crippen LogP contribution in [0.1, 0.15) is 41.5 Å². The van der Waals surface area contributed by atoms with E-state index in [1.165, 1.54) is 12.1 Å². The maximum absolute atomic E-state index is 12.4. The molecule has 0 spiro atoms. The second-order valence-corrected chi connectivity index (χ2v) is 8.07. The Labute approximate surface area is 160 Å². The highest BCUT2D eigenvalue weighted by atomic mass is 16.6. The lowest BCUT2D eigenvalue weighted by Gasteiger charge is -2.27. The monoisotopic (exact) mass is 382 g/mol. The first-order valence-electron chi connectivity index (χ1n) is 8.85. The average molecular weight is 382 g/mol. The van der Waals surface area contributed by atoms with Crippen LogP contribution in [-0.4, -0.2) is 47.9 Å². The van der Waals surface area contributed by atoms with Gasteiger partial charge in [0.25, 0.3) is 5.69 Å². The van der Waals surface area contributed by atoms with Gasteiger partial charge in [-0.15, -0.1) is 0 Å². The molecule has 0 aliphatic heterocycles. The molecule has 152 valence electrons. The van der Waals surface area contributed by atoms with E-state index in [-0.39, 0.29) is 24.5 Å². The van der Waals surface area contributed by atoms with Gasteiger partial charge in [0, 0.05) is 12.6 Å².